The van der Waals surface area contributed by atoms with Gasteiger partial charge < -0.3 is 21.5 Å². The number of aromatic nitrogens is 3. The second-order valence-corrected chi connectivity index (χ2v) is 6.94. The first-order chi connectivity index (χ1) is 12.5. The second-order valence-electron chi connectivity index (χ2n) is 6.94. The van der Waals surface area contributed by atoms with E-state index in [-0.39, 0.29) is 23.3 Å². The van der Waals surface area contributed by atoms with E-state index in [0.717, 1.165) is 26.0 Å². The zero-order valence-electron chi connectivity index (χ0n) is 14.4. The Bertz CT molecular complexity index is 779. The number of hydrogen-bond acceptors (Lipinski definition) is 8. The predicted octanol–water partition coefficient (Wildman–Crippen LogP) is 1.03. The molecule has 4 rings (SSSR count). The Kier molecular flexibility index (Phi) is 4.43. The molecule has 0 amide bonds. The zero-order valence-corrected chi connectivity index (χ0v) is 14.4. The molecule has 1 aromatic heterocycles. The van der Waals surface area contributed by atoms with E-state index in [1.54, 1.807) is 12.1 Å². The summed E-state index contributed by atoms with van der Waals surface area (Å²) in [6.45, 7) is 2.74. The van der Waals surface area contributed by atoms with Crippen molar-refractivity contribution in [3.63, 3.8) is 0 Å². The van der Waals surface area contributed by atoms with Gasteiger partial charge in [-0.1, -0.05) is 0 Å². The number of nitrogens with one attached hydrogen (secondary N) is 1. The van der Waals surface area contributed by atoms with Crippen LogP contribution in [-0.4, -0.2) is 51.2 Å². The molecule has 0 radical (unpaired) electrons. The molecule has 26 heavy (non-hydrogen) atoms. The lowest BCUT2D eigenvalue weighted by Crippen LogP contribution is -2.44. The maximum atomic E-state index is 13.0. The normalized spacial score (nSPS) is 25.8. The Hall–Kier alpha value is -2.36. The largest absolute Gasteiger partial charge is 0.379 e. The SMILES string of the molecule is Nc1nc(CN2CC(N)CC23CCOC3)nc(Nc2ccc(F)cc2)n1. The molecule has 2 aliphatic heterocycles. The molecule has 2 saturated heterocycles. The highest BCUT2D eigenvalue weighted by molar-refractivity contribution is 5.53. The van der Waals surface area contributed by atoms with Crippen molar-refractivity contribution in [3.8, 4) is 0 Å². The first-order valence-corrected chi connectivity index (χ1v) is 8.64. The number of likely N-dealkylation sites (tertiary alicyclic amines) is 1. The average Bonchev–Trinajstić information content (AvgIpc) is 3.17. The van der Waals surface area contributed by atoms with Crippen LogP contribution in [0.2, 0.25) is 0 Å². The van der Waals surface area contributed by atoms with Gasteiger partial charge >= 0.3 is 0 Å². The first-order valence-electron chi connectivity index (χ1n) is 8.64. The molecule has 9 heteroatoms. The first kappa shape index (κ1) is 17.1. The van der Waals surface area contributed by atoms with Crippen LogP contribution in [0.25, 0.3) is 0 Å². The monoisotopic (exact) mass is 359 g/mol. The fourth-order valence-corrected chi connectivity index (χ4v) is 3.80. The van der Waals surface area contributed by atoms with Crippen LogP contribution >= 0.6 is 0 Å². The summed E-state index contributed by atoms with van der Waals surface area (Å²) in [7, 11) is 0. The molecule has 5 N–H and O–H groups in total. The van der Waals surface area contributed by atoms with Crippen LogP contribution in [-0.2, 0) is 11.3 Å². The van der Waals surface area contributed by atoms with Crippen molar-refractivity contribution in [1.82, 2.24) is 19.9 Å². The third kappa shape index (κ3) is 3.46. The zero-order chi connectivity index (χ0) is 18.1. The summed E-state index contributed by atoms with van der Waals surface area (Å²) >= 11 is 0. The summed E-state index contributed by atoms with van der Waals surface area (Å²) in [5, 5.41) is 3.03. The lowest BCUT2D eigenvalue weighted by molar-refractivity contribution is 0.0940. The van der Waals surface area contributed by atoms with Crippen LogP contribution < -0.4 is 16.8 Å². The van der Waals surface area contributed by atoms with Crippen molar-refractivity contribution in [2.45, 2.75) is 31.0 Å². The van der Waals surface area contributed by atoms with E-state index in [9.17, 15) is 4.39 Å². The van der Waals surface area contributed by atoms with E-state index in [1.807, 2.05) is 0 Å². The minimum Gasteiger partial charge on any atom is -0.379 e. The van der Waals surface area contributed by atoms with Crippen molar-refractivity contribution >= 4 is 17.6 Å². The van der Waals surface area contributed by atoms with Crippen molar-refractivity contribution in [2.75, 3.05) is 30.8 Å². The highest BCUT2D eigenvalue weighted by Gasteiger charge is 2.47. The van der Waals surface area contributed by atoms with Crippen molar-refractivity contribution in [2.24, 2.45) is 5.73 Å². The van der Waals surface area contributed by atoms with Crippen LogP contribution in [0.4, 0.5) is 22.0 Å². The average molecular weight is 359 g/mol. The van der Waals surface area contributed by atoms with Gasteiger partial charge in [-0.3, -0.25) is 4.90 Å². The van der Waals surface area contributed by atoms with Crippen LogP contribution in [0.3, 0.4) is 0 Å². The minimum atomic E-state index is -0.305. The summed E-state index contributed by atoms with van der Waals surface area (Å²) in [6.07, 6.45) is 1.87. The van der Waals surface area contributed by atoms with E-state index >= 15 is 0 Å². The summed E-state index contributed by atoms with van der Waals surface area (Å²) in [4.78, 5) is 15.1. The Morgan fingerprint density at radius 3 is 2.81 bits per heavy atom. The molecule has 1 aromatic carbocycles. The number of benzene rings is 1. The predicted molar refractivity (Wildman–Crippen MR) is 95.1 cm³/mol. The molecule has 2 fully saturated rings. The third-order valence-corrected chi connectivity index (χ3v) is 4.98. The molecule has 138 valence electrons. The van der Waals surface area contributed by atoms with Gasteiger partial charge in [0.25, 0.3) is 0 Å². The molecule has 1 spiro atoms. The van der Waals surface area contributed by atoms with Gasteiger partial charge in [-0.2, -0.15) is 15.0 Å². The van der Waals surface area contributed by atoms with Crippen LogP contribution in [0.15, 0.2) is 24.3 Å². The number of nitrogens with two attached hydrogens (primary N) is 2. The molecule has 0 aliphatic carbocycles. The van der Waals surface area contributed by atoms with E-state index in [0.29, 0.717) is 30.6 Å². The number of ether oxygens (including phenoxy) is 1. The third-order valence-electron chi connectivity index (χ3n) is 4.98. The molecule has 8 nitrogen and oxygen atoms in total. The minimum absolute atomic E-state index is 0.0364. The fraction of sp³-hybridized carbons (Fsp3) is 0.471. The molecule has 2 aromatic rings. The number of hydrogen-bond donors (Lipinski definition) is 3. The van der Waals surface area contributed by atoms with Crippen molar-refractivity contribution in [1.29, 1.82) is 0 Å². The Morgan fingerprint density at radius 1 is 1.27 bits per heavy atom. The highest BCUT2D eigenvalue weighted by atomic mass is 19.1. The quantitative estimate of drug-likeness (QED) is 0.741. The van der Waals surface area contributed by atoms with Gasteiger partial charge in [0.2, 0.25) is 11.9 Å². The van der Waals surface area contributed by atoms with E-state index in [4.69, 9.17) is 16.2 Å². The Balaban J connectivity index is 1.53. The fourth-order valence-electron chi connectivity index (χ4n) is 3.80. The maximum absolute atomic E-state index is 13.0. The second kappa shape index (κ2) is 6.75. The number of rotatable bonds is 4. The Morgan fingerprint density at radius 2 is 2.08 bits per heavy atom. The van der Waals surface area contributed by atoms with Crippen molar-refractivity contribution < 1.29 is 9.13 Å². The smallest absolute Gasteiger partial charge is 0.232 e. The van der Waals surface area contributed by atoms with Crippen LogP contribution in [0.5, 0.6) is 0 Å². The lowest BCUT2D eigenvalue weighted by atomic mass is 9.94. The molecule has 2 atom stereocenters. The number of nitrogen functional groups attached to an aromatic ring is 1. The molecular weight excluding hydrogens is 337 g/mol. The summed E-state index contributed by atoms with van der Waals surface area (Å²) in [5.74, 6) is 0.738. The maximum Gasteiger partial charge on any atom is 0.232 e. The summed E-state index contributed by atoms with van der Waals surface area (Å²) in [5.41, 5.74) is 12.7. The van der Waals surface area contributed by atoms with Gasteiger partial charge in [-0.25, -0.2) is 4.39 Å². The van der Waals surface area contributed by atoms with Gasteiger partial charge in [0.1, 0.15) is 11.6 Å². The topological polar surface area (TPSA) is 115 Å². The van der Waals surface area contributed by atoms with Gasteiger partial charge in [0.15, 0.2) is 0 Å². The molecular formula is C17H22FN7O. The van der Waals surface area contributed by atoms with E-state index in [1.165, 1.54) is 12.1 Å². The van der Waals surface area contributed by atoms with Crippen molar-refractivity contribution in [3.05, 3.63) is 35.9 Å². The molecule has 3 heterocycles. The van der Waals surface area contributed by atoms with Gasteiger partial charge in [0.05, 0.1) is 13.2 Å². The highest BCUT2D eigenvalue weighted by Crippen LogP contribution is 2.36. The van der Waals surface area contributed by atoms with Crippen LogP contribution in [0.1, 0.15) is 18.7 Å². The molecule has 2 unspecified atom stereocenters. The standard InChI is InChI=1S/C17H22FN7O/c18-11-1-3-13(4-2-11)21-16-23-14(22-15(20)24-16)9-25-8-12(19)7-17(25)5-6-26-10-17/h1-4,12H,5-10,19H2,(H3,20,21,22,23,24). The van der Waals surface area contributed by atoms with Gasteiger partial charge in [-0.05, 0) is 37.1 Å². The summed E-state index contributed by atoms with van der Waals surface area (Å²) in [6, 6.07) is 6.07. The number of halogens is 1. The molecule has 0 saturated carbocycles. The van der Waals surface area contributed by atoms with E-state index < -0.39 is 0 Å². The van der Waals surface area contributed by atoms with Gasteiger partial charge in [0, 0.05) is 30.4 Å². The number of nitrogens with zero attached hydrogens (tertiary/aromatic N) is 4. The molecule has 0 bridgehead atoms. The van der Waals surface area contributed by atoms with Gasteiger partial charge in [-0.15, -0.1) is 0 Å². The number of anilines is 3. The molecule has 2 aliphatic rings. The Labute approximate surface area is 150 Å². The van der Waals surface area contributed by atoms with Crippen LogP contribution in [0, 0.1) is 5.82 Å². The lowest BCUT2D eigenvalue weighted by Gasteiger charge is -2.32. The summed E-state index contributed by atoms with van der Waals surface area (Å²) < 4.78 is 18.7. The van der Waals surface area contributed by atoms with E-state index in [2.05, 4.69) is 25.2 Å².